The SMILES string of the molecule is CNc1nc(COCc2ccccc2Br)nc2sccc12. The highest BCUT2D eigenvalue weighted by Gasteiger charge is 2.08. The largest absolute Gasteiger partial charge is 0.372 e. The molecular formula is C15H14BrN3OS. The molecule has 0 spiro atoms. The van der Waals surface area contributed by atoms with Crippen molar-refractivity contribution in [3.05, 3.63) is 51.6 Å². The maximum Gasteiger partial charge on any atom is 0.158 e. The molecule has 1 aromatic carbocycles. The molecule has 6 heteroatoms. The molecule has 0 aliphatic carbocycles. The van der Waals surface area contributed by atoms with Gasteiger partial charge in [0.15, 0.2) is 5.82 Å². The molecule has 3 aromatic rings. The second kappa shape index (κ2) is 6.51. The topological polar surface area (TPSA) is 47.0 Å². The Bertz CT molecular complexity index is 760. The number of anilines is 1. The lowest BCUT2D eigenvalue weighted by atomic mass is 10.2. The molecule has 0 unspecified atom stereocenters. The highest BCUT2D eigenvalue weighted by Crippen LogP contribution is 2.25. The van der Waals surface area contributed by atoms with E-state index < -0.39 is 0 Å². The van der Waals surface area contributed by atoms with Crippen molar-refractivity contribution in [3.8, 4) is 0 Å². The van der Waals surface area contributed by atoms with Crippen LogP contribution < -0.4 is 5.32 Å². The molecule has 4 nitrogen and oxygen atoms in total. The highest BCUT2D eigenvalue weighted by molar-refractivity contribution is 9.10. The van der Waals surface area contributed by atoms with E-state index in [1.165, 1.54) is 0 Å². The summed E-state index contributed by atoms with van der Waals surface area (Å²) >= 11 is 5.12. The summed E-state index contributed by atoms with van der Waals surface area (Å²) in [6.07, 6.45) is 0. The zero-order valence-corrected chi connectivity index (χ0v) is 13.9. The van der Waals surface area contributed by atoms with Crippen molar-refractivity contribution >= 4 is 43.3 Å². The molecular weight excluding hydrogens is 350 g/mol. The number of fused-ring (bicyclic) bond motifs is 1. The van der Waals surface area contributed by atoms with Gasteiger partial charge in [0.25, 0.3) is 0 Å². The molecule has 0 aliphatic rings. The Balaban J connectivity index is 1.72. The van der Waals surface area contributed by atoms with Crippen LogP contribution in [0, 0.1) is 0 Å². The summed E-state index contributed by atoms with van der Waals surface area (Å²) < 4.78 is 6.78. The molecule has 0 saturated carbocycles. The predicted octanol–water partition coefficient (Wildman–Crippen LogP) is 4.21. The van der Waals surface area contributed by atoms with Crippen LogP contribution in [0.2, 0.25) is 0 Å². The third-order valence-electron chi connectivity index (χ3n) is 3.05. The van der Waals surface area contributed by atoms with E-state index in [-0.39, 0.29) is 0 Å². The molecule has 2 aromatic heterocycles. The summed E-state index contributed by atoms with van der Waals surface area (Å²) in [5.74, 6) is 1.54. The second-order valence-electron chi connectivity index (χ2n) is 4.46. The standard InChI is InChI=1S/C15H14BrN3OS/c1-17-14-11-6-7-21-15(11)19-13(18-14)9-20-8-10-4-2-3-5-12(10)16/h2-7H,8-9H2,1H3,(H,17,18,19). The summed E-state index contributed by atoms with van der Waals surface area (Å²) in [5.41, 5.74) is 1.11. The summed E-state index contributed by atoms with van der Waals surface area (Å²) in [6, 6.07) is 10.0. The van der Waals surface area contributed by atoms with Crippen LogP contribution in [0.1, 0.15) is 11.4 Å². The minimum absolute atomic E-state index is 0.393. The fourth-order valence-electron chi connectivity index (χ4n) is 2.02. The van der Waals surface area contributed by atoms with E-state index in [0.29, 0.717) is 19.0 Å². The number of hydrogen-bond donors (Lipinski definition) is 1. The summed E-state index contributed by atoms with van der Waals surface area (Å²) in [5, 5.41) is 6.18. The molecule has 21 heavy (non-hydrogen) atoms. The lowest BCUT2D eigenvalue weighted by Gasteiger charge is -2.07. The average molecular weight is 364 g/mol. The lowest BCUT2D eigenvalue weighted by Crippen LogP contribution is -2.03. The summed E-state index contributed by atoms with van der Waals surface area (Å²) in [4.78, 5) is 10.0. The number of aromatic nitrogens is 2. The van der Waals surface area contributed by atoms with Gasteiger partial charge in [-0.3, -0.25) is 0 Å². The van der Waals surface area contributed by atoms with Crippen LogP contribution >= 0.6 is 27.3 Å². The van der Waals surface area contributed by atoms with E-state index in [1.807, 2.05) is 42.8 Å². The Morgan fingerprint density at radius 1 is 1.19 bits per heavy atom. The van der Waals surface area contributed by atoms with E-state index in [9.17, 15) is 0 Å². The van der Waals surface area contributed by atoms with Gasteiger partial charge in [-0.15, -0.1) is 11.3 Å². The quantitative estimate of drug-likeness (QED) is 0.737. The first-order chi connectivity index (χ1) is 10.3. The van der Waals surface area contributed by atoms with Crippen LogP contribution in [0.4, 0.5) is 5.82 Å². The number of benzene rings is 1. The van der Waals surface area contributed by atoms with Crippen LogP contribution in [0.25, 0.3) is 10.2 Å². The van der Waals surface area contributed by atoms with Crippen molar-refractivity contribution in [2.45, 2.75) is 13.2 Å². The Hall–Kier alpha value is -1.50. The fourth-order valence-corrected chi connectivity index (χ4v) is 3.20. The van der Waals surface area contributed by atoms with Gasteiger partial charge in [0.1, 0.15) is 17.3 Å². The normalized spacial score (nSPS) is 11.0. The third kappa shape index (κ3) is 3.23. The molecule has 1 N–H and O–H groups in total. The van der Waals surface area contributed by atoms with Crippen LogP contribution in [-0.4, -0.2) is 17.0 Å². The van der Waals surface area contributed by atoms with Gasteiger partial charge in [0.05, 0.1) is 12.0 Å². The monoisotopic (exact) mass is 363 g/mol. The van der Waals surface area contributed by atoms with Gasteiger partial charge in [0.2, 0.25) is 0 Å². The minimum Gasteiger partial charge on any atom is -0.372 e. The fraction of sp³-hybridized carbons (Fsp3) is 0.200. The van der Waals surface area contributed by atoms with Gasteiger partial charge in [-0.25, -0.2) is 9.97 Å². The average Bonchev–Trinajstić information content (AvgIpc) is 2.97. The van der Waals surface area contributed by atoms with Gasteiger partial charge < -0.3 is 10.1 Å². The van der Waals surface area contributed by atoms with Gasteiger partial charge in [-0.2, -0.15) is 0 Å². The van der Waals surface area contributed by atoms with Gasteiger partial charge in [-0.1, -0.05) is 34.1 Å². The van der Waals surface area contributed by atoms with E-state index in [4.69, 9.17) is 4.74 Å². The predicted molar refractivity (Wildman–Crippen MR) is 89.6 cm³/mol. The number of nitrogens with one attached hydrogen (secondary N) is 1. The minimum atomic E-state index is 0.393. The number of thiophene rings is 1. The lowest BCUT2D eigenvalue weighted by molar-refractivity contribution is 0.102. The highest BCUT2D eigenvalue weighted by atomic mass is 79.9. The molecule has 0 fully saturated rings. The Kier molecular flexibility index (Phi) is 4.48. The van der Waals surface area contributed by atoms with E-state index in [1.54, 1.807) is 11.3 Å². The van der Waals surface area contributed by atoms with Crippen molar-refractivity contribution in [3.63, 3.8) is 0 Å². The number of rotatable bonds is 5. The number of hydrogen-bond acceptors (Lipinski definition) is 5. The van der Waals surface area contributed by atoms with E-state index in [0.717, 1.165) is 26.1 Å². The Morgan fingerprint density at radius 3 is 2.86 bits per heavy atom. The van der Waals surface area contributed by atoms with Crippen LogP contribution in [0.3, 0.4) is 0 Å². The molecule has 2 heterocycles. The summed E-state index contributed by atoms with van der Waals surface area (Å²) in [7, 11) is 1.87. The number of nitrogens with zero attached hydrogens (tertiary/aromatic N) is 2. The van der Waals surface area contributed by atoms with Gasteiger partial charge >= 0.3 is 0 Å². The molecule has 0 atom stereocenters. The maximum atomic E-state index is 5.73. The molecule has 0 bridgehead atoms. The molecule has 3 rings (SSSR count). The zero-order chi connectivity index (χ0) is 14.7. The smallest absolute Gasteiger partial charge is 0.158 e. The molecule has 0 amide bonds. The number of ether oxygens (including phenoxy) is 1. The Labute approximate surface area is 135 Å². The van der Waals surface area contributed by atoms with Crippen LogP contribution in [-0.2, 0) is 18.0 Å². The number of halogens is 1. The maximum absolute atomic E-state index is 5.73. The van der Waals surface area contributed by atoms with Crippen molar-refractivity contribution in [2.24, 2.45) is 0 Å². The van der Waals surface area contributed by atoms with Gasteiger partial charge in [-0.05, 0) is 23.1 Å². The second-order valence-corrected chi connectivity index (χ2v) is 6.21. The molecule has 108 valence electrons. The van der Waals surface area contributed by atoms with E-state index >= 15 is 0 Å². The van der Waals surface area contributed by atoms with Crippen molar-refractivity contribution in [1.82, 2.24) is 9.97 Å². The van der Waals surface area contributed by atoms with Crippen LogP contribution in [0.15, 0.2) is 40.2 Å². The summed E-state index contributed by atoms with van der Waals surface area (Å²) in [6.45, 7) is 0.923. The molecule has 0 radical (unpaired) electrons. The Morgan fingerprint density at radius 2 is 2.05 bits per heavy atom. The van der Waals surface area contributed by atoms with Crippen molar-refractivity contribution in [2.75, 3.05) is 12.4 Å². The molecule has 0 aliphatic heterocycles. The van der Waals surface area contributed by atoms with Gasteiger partial charge in [0, 0.05) is 11.5 Å². The van der Waals surface area contributed by atoms with E-state index in [2.05, 4.69) is 31.2 Å². The molecule has 0 saturated heterocycles. The van der Waals surface area contributed by atoms with Crippen molar-refractivity contribution < 1.29 is 4.74 Å². The third-order valence-corrected chi connectivity index (χ3v) is 4.63. The first kappa shape index (κ1) is 14.4. The zero-order valence-electron chi connectivity index (χ0n) is 11.5. The first-order valence-electron chi connectivity index (χ1n) is 6.51. The van der Waals surface area contributed by atoms with Crippen LogP contribution in [0.5, 0.6) is 0 Å². The first-order valence-corrected chi connectivity index (χ1v) is 8.18. The van der Waals surface area contributed by atoms with Crippen molar-refractivity contribution in [1.29, 1.82) is 0 Å².